The van der Waals surface area contributed by atoms with Gasteiger partial charge in [-0.1, -0.05) is 0 Å². The zero-order valence-electron chi connectivity index (χ0n) is 9.32. The Kier molecular flexibility index (Phi) is 3.17. The summed E-state index contributed by atoms with van der Waals surface area (Å²) in [6.07, 6.45) is 2.97. The zero-order valence-corrected chi connectivity index (χ0v) is 9.32. The number of rotatable bonds is 2. The van der Waals surface area contributed by atoms with Crippen molar-refractivity contribution < 1.29 is 9.18 Å². The summed E-state index contributed by atoms with van der Waals surface area (Å²) in [6, 6.07) is 3.10. The summed E-state index contributed by atoms with van der Waals surface area (Å²) in [4.78, 5) is 17.3. The van der Waals surface area contributed by atoms with Crippen LogP contribution in [-0.4, -0.2) is 23.9 Å². The first-order valence-electron chi connectivity index (χ1n) is 5.54. The minimum absolute atomic E-state index is 0.191. The van der Waals surface area contributed by atoms with Crippen LogP contribution in [-0.2, 0) is 4.79 Å². The topological polar surface area (TPSA) is 33.2 Å². The van der Waals surface area contributed by atoms with Gasteiger partial charge in [-0.25, -0.2) is 9.37 Å². The van der Waals surface area contributed by atoms with Crippen LogP contribution in [0.2, 0.25) is 0 Å². The number of carbonyl (C=O) groups is 1. The summed E-state index contributed by atoms with van der Waals surface area (Å²) in [6.45, 7) is 3.29. The highest BCUT2D eigenvalue weighted by Gasteiger charge is 2.22. The van der Waals surface area contributed by atoms with Crippen LogP contribution in [0.4, 0.5) is 10.2 Å². The number of nitrogens with zero attached hydrogens (tertiary/aromatic N) is 2. The molecular weight excluding hydrogens is 207 g/mol. The Bertz CT molecular complexity index is 369. The second-order valence-corrected chi connectivity index (χ2v) is 4.21. The zero-order chi connectivity index (χ0) is 11.5. The number of carbonyl (C=O) groups excluding carboxylic acids is 1. The summed E-state index contributed by atoms with van der Waals surface area (Å²) in [7, 11) is 0. The van der Waals surface area contributed by atoms with Crippen LogP contribution in [0.5, 0.6) is 0 Å². The van der Waals surface area contributed by atoms with E-state index in [0.29, 0.717) is 0 Å². The molecule has 4 heteroatoms. The van der Waals surface area contributed by atoms with E-state index in [1.54, 1.807) is 13.0 Å². The van der Waals surface area contributed by atoms with E-state index < -0.39 is 0 Å². The number of aromatic nitrogens is 1. The molecule has 3 nitrogen and oxygen atoms in total. The van der Waals surface area contributed by atoms with Gasteiger partial charge in [-0.15, -0.1) is 0 Å². The van der Waals surface area contributed by atoms with E-state index in [9.17, 15) is 9.18 Å². The van der Waals surface area contributed by atoms with Crippen molar-refractivity contribution >= 4 is 11.6 Å². The Morgan fingerprint density at radius 3 is 2.62 bits per heavy atom. The molecule has 0 spiro atoms. The predicted molar refractivity (Wildman–Crippen MR) is 59.8 cm³/mol. The fourth-order valence-electron chi connectivity index (χ4n) is 2.07. The highest BCUT2D eigenvalue weighted by Crippen LogP contribution is 2.22. The highest BCUT2D eigenvalue weighted by molar-refractivity contribution is 5.78. The fourth-order valence-corrected chi connectivity index (χ4v) is 2.07. The Balaban J connectivity index is 1.99. The lowest BCUT2D eigenvalue weighted by Gasteiger charge is -2.31. The molecule has 16 heavy (non-hydrogen) atoms. The third-order valence-corrected chi connectivity index (χ3v) is 3.11. The van der Waals surface area contributed by atoms with E-state index in [1.165, 1.54) is 12.3 Å². The molecule has 0 unspecified atom stereocenters. The number of Topliss-reactive ketones (excluding diaryl/α,β-unsaturated/α-hetero) is 1. The largest absolute Gasteiger partial charge is 0.357 e. The third-order valence-electron chi connectivity index (χ3n) is 3.11. The average molecular weight is 222 g/mol. The molecule has 0 bridgehead atoms. The van der Waals surface area contributed by atoms with Gasteiger partial charge in [0.05, 0.1) is 6.20 Å². The number of piperidine rings is 1. The molecule has 1 aliphatic heterocycles. The molecule has 1 saturated heterocycles. The quantitative estimate of drug-likeness (QED) is 0.767. The van der Waals surface area contributed by atoms with Crippen molar-refractivity contribution in [3.63, 3.8) is 0 Å². The first-order valence-corrected chi connectivity index (χ1v) is 5.54. The second-order valence-electron chi connectivity index (χ2n) is 4.21. The van der Waals surface area contributed by atoms with E-state index in [2.05, 4.69) is 9.88 Å². The van der Waals surface area contributed by atoms with Gasteiger partial charge in [0.25, 0.3) is 0 Å². The van der Waals surface area contributed by atoms with Crippen molar-refractivity contribution in [1.29, 1.82) is 0 Å². The van der Waals surface area contributed by atoms with Crippen LogP contribution in [0.25, 0.3) is 0 Å². The first-order chi connectivity index (χ1) is 7.66. The number of ketones is 1. The van der Waals surface area contributed by atoms with Crippen molar-refractivity contribution in [2.24, 2.45) is 5.92 Å². The van der Waals surface area contributed by atoms with E-state index in [1.807, 2.05) is 0 Å². The molecule has 2 heterocycles. The van der Waals surface area contributed by atoms with Crippen LogP contribution in [0, 0.1) is 11.7 Å². The summed E-state index contributed by atoms with van der Waals surface area (Å²) in [5.41, 5.74) is 0. The van der Waals surface area contributed by atoms with Gasteiger partial charge < -0.3 is 4.90 Å². The molecule has 0 radical (unpaired) electrons. The Labute approximate surface area is 94.3 Å². The van der Waals surface area contributed by atoms with E-state index in [4.69, 9.17) is 0 Å². The molecule has 1 fully saturated rings. The maximum atomic E-state index is 12.7. The second kappa shape index (κ2) is 4.60. The van der Waals surface area contributed by atoms with Crippen molar-refractivity contribution in [3.8, 4) is 0 Å². The third kappa shape index (κ3) is 2.38. The van der Waals surface area contributed by atoms with Crippen LogP contribution in [0.1, 0.15) is 19.8 Å². The van der Waals surface area contributed by atoms with Gasteiger partial charge in [0.2, 0.25) is 0 Å². The van der Waals surface area contributed by atoms with Crippen LogP contribution < -0.4 is 4.90 Å². The lowest BCUT2D eigenvalue weighted by molar-refractivity contribution is -0.121. The number of pyridine rings is 1. The number of hydrogen-bond acceptors (Lipinski definition) is 3. The SMILES string of the molecule is CC(=O)C1CCN(c2ccc(F)cn2)CC1. The van der Waals surface area contributed by atoms with Gasteiger partial charge >= 0.3 is 0 Å². The van der Waals surface area contributed by atoms with Crippen LogP contribution in [0.3, 0.4) is 0 Å². The van der Waals surface area contributed by atoms with E-state index in [0.717, 1.165) is 31.7 Å². The minimum Gasteiger partial charge on any atom is -0.357 e. The summed E-state index contributed by atoms with van der Waals surface area (Å²) < 4.78 is 12.7. The van der Waals surface area contributed by atoms with Gasteiger partial charge in [-0.05, 0) is 31.9 Å². The lowest BCUT2D eigenvalue weighted by atomic mass is 9.93. The van der Waals surface area contributed by atoms with E-state index in [-0.39, 0.29) is 17.5 Å². The van der Waals surface area contributed by atoms with Gasteiger partial charge in [0, 0.05) is 19.0 Å². The highest BCUT2D eigenvalue weighted by atomic mass is 19.1. The van der Waals surface area contributed by atoms with E-state index >= 15 is 0 Å². The van der Waals surface area contributed by atoms with Crippen molar-refractivity contribution in [2.75, 3.05) is 18.0 Å². The van der Waals surface area contributed by atoms with Crippen molar-refractivity contribution in [3.05, 3.63) is 24.1 Å². The molecule has 0 saturated carbocycles. The van der Waals surface area contributed by atoms with Crippen molar-refractivity contribution in [1.82, 2.24) is 4.98 Å². The Morgan fingerprint density at radius 1 is 1.44 bits per heavy atom. The summed E-state index contributed by atoms with van der Waals surface area (Å²) in [5.74, 6) is 0.939. The molecule has 86 valence electrons. The number of anilines is 1. The molecular formula is C12H15FN2O. The summed E-state index contributed by atoms with van der Waals surface area (Å²) in [5, 5.41) is 0. The molecule has 2 rings (SSSR count). The molecule has 1 aromatic heterocycles. The summed E-state index contributed by atoms with van der Waals surface area (Å²) >= 11 is 0. The Hall–Kier alpha value is -1.45. The fraction of sp³-hybridized carbons (Fsp3) is 0.500. The van der Waals surface area contributed by atoms with Gasteiger partial charge in [0.15, 0.2) is 0 Å². The van der Waals surface area contributed by atoms with Gasteiger partial charge in [-0.2, -0.15) is 0 Å². The molecule has 1 aromatic rings. The maximum absolute atomic E-state index is 12.7. The van der Waals surface area contributed by atoms with Gasteiger partial charge in [0.1, 0.15) is 17.4 Å². The molecule has 1 aliphatic rings. The smallest absolute Gasteiger partial charge is 0.141 e. The molecule has 0 amide bonds. The van der Waals surface area contributed by atoms with Gasteiger partial charge in [-0.3, -0.25) is 4.79 Å². The molecule has 0 atom stereocenters. The Morgan fingerprint density at radius 2 is 2.12 bits per heavy atom. The standard InChI is InChI=1S/C12H15FN2O/c1-9(16)10-4-6-15(7-5-10)12-3-2-11(13)8-14-12/h2-3,8,10H,4-7H2,1H3. The van der Waals surface area contributed by atoms with Crippen molar-refractivity contribution in [2.45, 2.75) is 19.8 Å². The minimum atomic E-state index is -0.317. The predicted octanol–water partition coefficient (Wildman–Crippen LogP) is 2.03. The monoisotopic (exact) mass is 222 g/mol. The maximum Gasteiger partial charge on any atom is 0.141 e. The number of halogens is 1. The molecule has 0 aromatic carbocycles. The first kappa shape index (κ1) is 11.0. The molecule has 0 aliphatic carbocycles. The van der Waals surface area contributed by atoms with Crippen LogP contribution in [0.15, 0.2) is 18.3 Å². The molecule has 0 N–H and O–H groups in total. The average Bonchev–Trinajstić information content (AvgIpc) is 2.30. The lowest BCUT2D eigenvalue weighted by Crippen LogP contribution is -2.36. The normalized spacial score (nSPS) is 17.5. The number of hydrogen-bond donors (Lipinski definition) is 0. The van der Waals surface area contributed by atoms with Crippen LogP contribution >= 0.6 is 0 Å².